The van der Waals surface area contributed by atoms with Crippen molar-refractivity contribution in [1.29, 1.82) is 0 Å². The Labute approximate surface area is 136 Å². The first-order valence-electron chi connectivity index (χ1n) is 7.71. The molecule has 6 nitrogen and oxygen atoms in total. The third-order valence-electron chi connectivity index (χ3n) is 4.09. The van der Waals surface area contributed by atoms with E-state index in [1.54, 1.807) is 24.5 Å². The lowest BCUT2D eigenvalue weighted by Gasteiger charge is -2.32. The Balaban J connectivity index is 1.52. The first-order chi connectivity index (χ1) is 11.1. The molecule has 1 aliphatic rings. The van der Waals surface area contributed by atoms with Gasteiger partial charge in [0.1, 0.15) is 10.7 Å². The fraction of sp³-hybridized carbons (Fsp3) is 0.375. The molecule has 1 aliphatic heterocycles. The van der Waals surface area contributed by atoms with E-state index in [0.29, 0.717) is 12.5 Å². The van der Waals surface area contributed by atoms with Crippen LogP contribution in [0.4, 0.5) is 5.82 Å². The minimum atomic E-state index is -3.46. The van der Waals surface area contributed by atoms with Crippen LogP contribution in [0.5, 0.6) is 0 Å². The van der Waals surface area contributed by atoms with E-state index >= 15 is 0 Å². The van der Waals surface area contributed by atoms with Crippen LogP contribution in [0, 0.1) is 5.92 Å². The van der Waals surface area contributed by atoms with E-state index in [2.05, 4.69) is 19.6 Å². The SMILES string of the molecule is O=S(=O)(NCC1CCN(c2ccccn2)CC1)c1cccnc1. The summed E-state index contributed by atoms with van der Waals surface area (Å²) in [7, 11) is -3.46. The number of hydrogen-bond donors (Lipinski definition) is 1. The maximum atomic E-state index is 12.2. The molecule has 0 aliphatic carbocycles. The van der Waals surface area contributed by atoms with E-state index in [9.17, 15) is 8.42 Å². The van der Waals surface area contributed by atoms with Crippen LogP contribution >= 0.6 is 0 Å². The van der Waals surface area contributed by atoms with Crippen LogP contribution in [0.2, 0.25) is 0 Å². The lowest BCUT2D eigenvalue weighted by Crippen LogP contribution is -2.39. The lowest BCUT2D eigenvalue weighted by atomic mass is 9.97. The van der Waals surface area contributed by atoms with Gasteiger partial charge in [-0.15, -0.1) is 0 Å². The van der Waals surface area contributed by atoms with Gasteiger partial charge in [0.2, 0.25) is 10.0 Å². The second kappa shape index (κ2) is 7.06. The number of nitrogens with zero attached hydrogens (tertiary/aromatic N) is 3. The largest absolute Gasteiger partial charge is 0.357 e. The second-order valence-electron chi connectivity index (χ2n) is 5.66. The van der Waals surface area contributed by atoms with Gasteiger partial charge < -0.3 is 4.90 Å². The summed E-state index contributed by atoms with van der Waals surface area (Å²) in [4.78, 5) is 10.7. The predicted molar refractivity (Wildman–Crippen MR) is 88.6 cm³/mol. The number of hydrogen-bond acceptors (Lipinski definition) is 5. The molecule has 0 unspecified atom stereocenters. The van der Waals surface area contributed by atoms with Gasteiger partial charge in [-0.1, -0.05) is 6.07 Å². The Morgan fingerprint density at radius 3 is 2.61 bits per heavy atom. The van der Waals surface area contributed by atoms with E-state index in [1.165, 1.54) is 6.20 Å². The molecule has 122 valence electrons. The monoisotopic (exact) mass is 332 g/mol. The van der Waals surface area contributed by atoms with Crippen molar-refractivity contribution in [1.82, 2.24) is 14.7 Å². The van der Waals surface area contributed by atoms with Gasteiger partial charge in [-0.3, -0.25) is 4.98 Å². The summed E-state index contributed by atoms with van der Waals surface area (Å²) >= 11 is 0. The molecule has 0 aromatic carbocycles. The minimum Gasteiger partial charge on any atom is -0.357 e. The van der Waals surface area contributed by atoms with E-state index in [0.717, 1.165) is 31.7 Å². The summed E-state index contributed by atoms with van der Waals surface area (Å²) < 4.78 is 27.1. The quantitative estimate of drug-likeness (QED) is 0.901. The minimum absolute atomic E-state index is 0.214. The number of pyridine rings is 2. The predicted octanol–water partition coefficient (Wildman–Crippen LogP) is 1.67. The van der Waals surface area contributed by atoms with Crippen LogP contribution in [0.3, 0.4) is 0 Å². The van der Waals surface area contributed by atoms with Gasteiger partial charge >= 0.3 is 0 Å². The molecule has 1 N–H and O–H groups in total. The van der Waals surface area contributed by atoms with Crippen LogP contribution in [-0.4, -0.2) is 38.0 Å². The zero-order chi connectivity index (χ0) is 16.1. The van der Waals surface area contributed by atoms with Gasteiger partial charge in [-0.2, -0.15) is 0 Å². The molecule has 0 saturated carbocycles. The average Bonchev–Trinajstić information content (AvgIpc) is 2.62. The van der Waals surface area contributed by atoms with Crippen molar-refractivity contribution in [3.63, 3.8) is 0 Å². The zero-order valence-electron chi connectivity index (χ0n) is 12.8. The molecule has 3 rings (SSSR count). The fourth-order valence-corrected chi connectivity index (χ4v) is 3.80. The molecule has 0 bridgehead atoms. The molecule has 2 aromatic rings. The number of sulfonamides is 1. The Morgan fingerprint density at radius 1 is 1.13 bits per heavy atom. The van der Waals surface area contributed by atoms with E-state index in [4.69, 9.17) is 0 Å². The van der Waals surface area contributed by atoms with Gasteiger partial charge in [-0.05, 0) is 43.0 Å². The highest BCUT2D eigenvalue weighted by atomic mass is 32.2. The van der Waals surface area contributed by atoms with Crippen LogP contribution in [0.25, 0.3) is 0 Å². The van der Waals surface area contributed by atoms with Crippen molar-refractivity contribution >= 4 is 15.8 Å². The van der Waals surface area contributed by atoms with Crippen molar-refractivity contribution in [2.24, 2.45) is 5.92 Å². The Hall–Kier alpha value is -1.99. The number of rotatable bonds is 5. The maximum Gasteiger partial charge on any atom is 0.242 e. The average molecular weight is 332 g/mol. The molecular formula is C16H20N4O2S. The molecule has 1 fully saturated rings. The normalized spacial score (nSPS) is 16.4. The Kier molecular flexibility index (Phi) is 4.88. The summed E-state index contributed by atoms with van der Waals surface area (Å²) in [5.74, 6) is 1.34. The summed E-state index contributed by atoms with van der Waals surface area (Å²) in [6.45, 7) is 2.26. The van der Waals surface area contributed by atoms with Crippen molar-refractivity contribution in [2.75, 3.05) is 24.5 Å². The molecular weight excluding hydrogens is 312 g/mol. The molecule has 0 radical (unpaired) electrons. The summed E-state index contributed by atoms with van der Waals surface area (Å²) in [5.41, 5.74) is 0. The van der Waals surface area contributed by atoms with Crippen molar-refractivity contribution in [3.8, 4) is 0 Å². The maximum absolute atomic E-state index is 12.2. The van der Waals surface area contributed by atoms with Crippen LogP contribution < -0.4 is 9.62 Å². The fourth-order valence-electron chi connectivity index (χ4n) is 2.72. The molecule has 0 amide bonds. The highest BCUT2D eigenvalue weighted by molar-refractivity contribution is 7.89. The van der Waals surface area contributed by atoms with Gasteiger partial charge in [0.15, 0.2) is 0 Å². The number of piperidine rings is 1. The third-order valence-corrected chi connectivity index (χ3v) is 5.50. The Morgan fingerprint density at radius 2 is 1.96 bits per heavy atom. The Bertz CT molecular complexity index is 714. The first-order valence-corrected chi connectivity index (χ1v) is 9.19. The number of nitrogens with one attached hydrogen (secondary N) is 1. The van der Waals surface area contributed by atoms with Gasteiger partial charge in [0, 0.05) is 38.2 Å². The first kappa shape index (κ1) is 15.9. The summed E-state index contributed by atoms with van der Waals surface area (Å²) in [6, 6.07) is 9.07. The van der Waals surface area contributed by atoms with Crippen molar-refractivity contribution in [2.45, 2.75) is 17.7 Å². The highest BCUT2D eigenvalue weighted by Crippen LogP contribution is 2.21. The number of anilines is 1. The molecule has 0 spiro atoms. The smallest absolute Gasteiger partial charge is 0.242 e. The zero-order valence-corrected chi connectivity index (χ0v) is 13.6. The summed E-state index contributed by atoms with van der Waals surface area (Å²) in [6.07, 6.45) is 6.63. The standard InChI is InChI=1S/C16H20N4O2S/c21-23(22,15-4-3-8-17-13-15)19-12-14-6-10-20(11-7-14)16-5-1-2-9-18-16/h1-5,8-9,13-14,19H,6-7,10-12H2. The van der Waals surface area contributed by atoms with Crippen molar-refractivity contribution < 1.29 is 8.42 Å². The molecule has 0 atom stereocenters. The molecule has 3 heterocycles. The van der Waals surface area contributed by atoms with Gasteiger partial charge in [-0.25, -0.2) is 18.1 Å². The third kappa shape index (κ3) is 4.05. The summed E-state index contributed by atoms with van der Waals surface area (Å²) in [5, 5.41) is 0. The molecule has 1 saturated heterocycles. The van der Waals surface area contributed by atoms with Crippen molar-refractivity contribution in [3.05, 3.63) is 48.9 Å². The van der Waals surface area contributed by atoms with E-state index in [-0.39, 0.29) is 4.90 Å². The lowest BCUT2D eigenvalue weighted by molar-refractivity contribution is 0.400. The number of aromatic nitrogens is 2. The van der Waals surface area contributed by atoms with Crippen LogP contribution in [0.1, 0.15) is 12.8 Å². The van der Waals surface area contributed by atoms with Gasteiger partial charge in [0.05, 0.1) is 0 Å². The molecule has 7 heteroatoms. The van der Waals surface area contributed by atoms with E-state index < -0.39 is 10.0 Å². The molecule has 2 aromatic heterocycles. The second-order valence-corrected chi connectivity index (χ2v) is 7.43. The topological polar surface area (TPSA) is 75.2 Å². The van der Waals surface area contributed by atoms with Gasteiger partial charge in [0.25, 0.3) is 0 Å². The van der Waals surface area contributed by atoms with Crippen LogP contribution in [-0.2, 0) is 10.0 Å². The highest BCUT2D eigenvalue weighted by Gasteiger charge is 2.22. The molecule has 23 heavy (non-hydrogen) atoms. The van der Waals surface area contributed by atoms with Crippen LogP contribution in [0.15, 0.2) is 53.8 Å². The van der Waals surface area contributed by atoms with E-state index in [1.807, 2.05) is 18.2 Å².